The van der Waals surface area contributed by atoms with Gasteiger partial charge in [0.15, 0.2) is 0 Å². The van der Waals surface area contributed by atoms with Crippen LogP contribution in [0.1, 0.15) is 20.3 Å². The van der Waals surface area contributed by atoms with Crippen molar-refractivity contribution in [3.8, 4) is 0 Å². The van der Waals surface area contributed by atoms with E-state index in [1.165, 1.54) is 11.5 Å². The molecule has 0 radical (unpaired) electrons. The molecule has 2 unspecified atom stereocenters. The molecule has 0 bridgehead atoms. The molecule has 0 spiro atoms. The van der Waals surface area contributed by atoms with Gasteiger partial charge in [-0.15, -0.1) is 0 Å². The highest BCUT2D eigenvalue weighted by atomic mass is 32.2. The second kappa shape index (κ2) is 9.77. The third-order valence-corrected chi connectivity index (χ3v) is 2.89. The maximum absolute atomic E-state index is 9.38. The summed E-state index contributed by atoms with van der Waals surface area (Å²) in [5.74, 6) is 2.37. The molecule has 0 rings (SSSR count). The van der Waals surface area contributed by atoms with Crippen molar-refractivity contribution in [3.63, 3.8) is 0 Å². The van der Waals surface area contributed by atoms with Crippen molar-refractivity contribution >= 4 is 11.8 Å². The van der Waals surface area contributed by atoms with E-state index in [4.69, 9.17) is 4.74 Å². The summed E-state index contributed by atoms with van der Waals surface area (Å²) >= 11 is 1.95. The highest BCUT2D eigenvalue weighted by Crippen LogP contribution is 2.03. The van der Waals surface area contributed by atoms with Crippen molar-refractivity contribution in [3.05, 3.63) is 0 Å². The zero-order valence-electron chi connectivity index (χ0n) is 9.45. The summed E-state index contributed by atoms with van der Waals surface area (Å²) in [6.07, 6.45) is 0.763. The quantitative estimate of drug-likeness (QED) is 0.572. The standard InChI is InChI=1S/C10H23NO2S/c1-4-14-6-5-9(2)11-7-10(12)8-13-3/h9-12H,4-8H2,1-3H3. The zero-order chi connectivity index (χ0) is 10.8. The molecular weight excluding hydrogens is 198 g/mol. The molecule has 0 aliphatic carbocycles. The molecule has 4 heteroatoms. The molecule has 0 heterocycles. The molecule has 2 N–H and O–H groups in total. The number of nitrogens with one attached hydrogen (secondary N) is 1. The summed E-state index contributed by atoms with van der Waals surface area (Å²) in [5, 5.41) is 12.7. The van der Waals surface area contributed by atoms with Crippen LogP contribution in [0.2, 0.25) is 0 Å². The number of methoxy groups -OCH3 is 1. The van der Waals surface area contributed by atoms with Crippen LogP contribution in [-0.2, 0) is 4.74 Å². The van der Waals surface area contributed by atoms with Crippen molar-refractivity contribution in [2.45, 2.75) is 32.4 Å². The SMILES string of the molecule is CCSCCC(C)NCC(O)COC. The lowest BCUT2D eigenvalue weighted by molar-refractivity contribution is 0.0630. The van der Waals surface area contributed by atoms with E-state index in [2.05, 4.69) is 19.2 Å². The minimum absolute atomic E-state index is 0.388. The number of ether oxygens (including phenoxy) is 1. The smallest absolute Gasteiger partial charge is 0.0897 e. The van der Waals surface area contributed by atoms with E-state index in [0.29, 0.717) is 19.2 Å². The Morgan fingerprint density at radius 3 is 2.79 bits per heavy atom. The Kier molecular flexibility index (Phi) is 9.93. The molecule has 0 aromatic carbocycles. The summed E-state index contributed by atoms with van der Waals surface area (Å²) in [6.45, 7) is 5.34. The first-order chi connectivity index (χ1) is 6.70. The van der Waals surface area contributed by atoms with Gasteiger partial charge in [0.2, 0.25) is 0 Å². The second-order valence-electron chi connectivity index (χ2n) is 3.40. The number of aliphatic hydroxyl groups excluding tert-OH is 1. The maximum atomic E-state index is 9.38. The van der Waals surface area contributed by atoms with E-state index in [-0.39, 0.29) is 6.10 Å². The van der Waals surface area contributed by atoms with Crippen LogP contribution in [0, 0.1) is 0 Å². The molecule has 3 nitrogen and oxygen atoms in total. The van der Waals surface area contributed by atoms with Crippen LogP contribution < -0.4 is 5.32 Å². The van der Waals surface area contributed by atoms with E-state index in [1.54, 1.807) is 7.11 Å². The van der Waals surface area contributed by atoms with Crippen LogP contribution in [0.5, 0.6) is 0 Å². The molecule has 0 saturated carbocycles. The lowest BCUT2D eigenvalue weighted by Gasteiger charge is -2.16. The monoisotopic (exact) mass is 221 g/mol. The number of thioether (sulfide) groups is 1. The fraction of sp³-hybridized carbons (Fsp3) is 1.00. The van der Waals surface area contributed by atoms with Gasteiger partial charge in [-0.3, -0.25) is 0 Å². The van der Waals surface area contributed by atoms with Gasteiger partial charge < -0.3 is 15.2 Å². The van der Waals surface area contributed by atoms with E-state index < -0.39 is 0 Å². The Hall–Kier alpha value is 0.230. The Labute approximate surface area is 91.6 Å². The van der Waals surface area contributed by atoms with Crippen molar-refractivity contribution in [2.75, 3.05) is 31.8 Å². The first-order valence-electron chi connectivity index (χ1n) is 5.18. The summed E-state index contributed by atoms with van der Waals surface area (Å²) in [6, 6.07) is 0.473. The largest absolute Gasteiger partial charge is 0.389 e. The molecular formula is C10H23NO2S. The van der Waals surface area contributed by atoms with E-state index in [0.717, 1.165) is 6.42 Å². The third-order valence-electron chi connectivity index (χ3n) is 1.96. The van der Waals surface area contributed by atoms with E-state index >= 15 is 0 Å². The predicted molar refractivity (Wildman–Crippen MR) is 63.0 cm³/mol. The summed E-state index contributed by atoms with van der Waals surface area (Å²) in [5.41, 5.74) is 0. The number of hydrogen-bond acceptors (Lipinski definition) is 4. The van der Waals surface area contributed by atoms with Crippen LogP contribution in [0.4, 0.5) is 0 Å². The molecule has 0 aliphatic rings. The van der Waals surface area contributed by atoms with Crippen LogP contribution in [-0.4, -0.2) is 49.0 Å². The van der Waals surface area contributed by atoms with E-state index in [9.17, 15) is 5.11 Å². The normalized spacial score (nSPS) is 15.4. The van der Waals surface area contributed by atoms with Crippen LogP contribution in [0.3, 0.4) is 0 Å². The van der Waals surface area contributed by atoms with Crippen molar-refractivity contribution in [2.24, 2.45) is 0 Å². The number of rotatable bonds is 9. The average Bonchev–Trinajstić information content (AvgIpc) is 2.16. The molecule has 0 fully saturated rings. The summed E-state index contributed by atoms with van der Waals surface area (Å²) < 4.78 is 4.84. The fourth-order valence-electron chi connectivity index (χ4n) is 1.10. The number of aliphatic hydroxyl groups is 1. The van der Waals surface area contributed by atoms with Gasteiger partial charge in [-0.2, -0.15) is 11.8 Å². The lowest BCUT2D eigenvalue weighted by Crippen LogP contribution is -2.36. The van der Waals surface area contributed by atoms with Crippen molar-refractivity contribution in [1.29, 1.82) is 0 Å². The Morgan fingerprint density at radius 2 is 2.21 bits per heavy atom. The molecule has 0 aliphatic heterocycles. The molecule has 0 aromatic rings. The average molecular weight is 221 g/mol. The van der Waals surface area contributed by atoms with Crippen LogP contribution >= 0.6 is 11.8 Å². The minimum Gasteiger partial charge on any atom is -0.389 e. The molecule has 0 aromatic heterocycles. The van der Waals surface area contributed by atoms with Crippen molar-refractivity contribution < 1.29 is 9.84 Å². The molecule has 86 valence electrons. The van der Waals surface area contributed by atoms with Crippen LogP contribution in [0.25, 0.3) is 0 Å². The third kappa shape index (κ3) is 8.81. The van der Waals surface area contributed by atoms with Gasteiger partial charge in [0.1, 0.15) is 0 Å². The van der Waals surface area contributed by atoms with Gasteiger partial charge in [-0.1, -0.05) is 6.92 Å². The Morgan fingerprint density at radius 1 is 1.50 bits per heavy atom. The predicted octanol–water partition coefficient (Wildman–Crippen LogP) is 1.11. The first kappa shape index (κ1) is 14.2. The summed E-state index contributed by atoms with van der Waals surface area (Å²) in [4.78, 5) is 0. The second-order valence-corrected chi connectivity index (χ2v) is 4.80. The van der Waals surface area contributed by atoms with Gasteiger partial charge in [0.25, 0.3) is 0 Å². The van der Waals surface area contributed by atoms with Gasteiger partial charge in [-0.05, 0) is 24.9 Å². The summed E-state index contributed by atoms with van der Waals surface area (Å²) in [7, 11) is 1.60. The Balaban J connectivity index is 3.29. The highest BCUT2D eigenvalue weighted by Gasteiger charge is 2.05. The lowest BCUT2D eigenvalue weighted by atomic mass is 10.2. The molecule has 0 saturated heterocycles. The molecule has 2 atom stereocenters. The highest BCUT2D eigenvalue weighted by molar-refractivity contribution is 7.99. The maximum Gasteiger partial charge on any atom is 0.0897 e. The minimum atomic E-state index is -0.388. The molecule has 0 amide bonds. The zero-order valence-corrected chi connectivity index (χ0v) is 10.3. The van der Waals surface area contributed by atoms with E-state index in [1.807, 2.05) is 11.8 Å². The topological polar surface area (TPSA) is 41.5 Å². The van der Waals surface area contributed by atoms with Gasteiger partial charge >= 0.3 is 0 Å². The first-order valence-corrected chi connectivity index (χ1v) is 6.34. The number of hydrogen-bond donors (Lipinski definition) is 2. The van der Waals surface area contributed by atoms with Gasteiger partial charge in [0, 0.05) is 19.7 Å². The van der Waals surface area contributed by atoms with Gasteiger partial charge in [-0.25, -0.2) is 0 Å². The fourth-order valence-corrected chi connectivity index (χ4v) is 1.90. The van der Waals surface area contributed by atoms with Crippen LogP contribution in [0.15, 0.2) is 0 Å². The Bertz CT molecular complexity index is 125. The van der Waals surface area contributed by atoms with Crippen molar-refractivity contribution in [1.82, 2.24) is 5.32 Å². The molecule has 14 heavy (non-hydrogen) atoms. The van der Waals surface area contributed by atoms with Gasteiger partial charge in [0.05, 0.1) is 12.7 Å².